The molecule has 1 aliphatic rings. The number of hydrogen-bond donors (Lipinski definition) is 1. The van der Waals surface area contributed by atoms with Gasteiger partial charge in [-0.3, -0.25) is 0 Å². The summed E-state index contributed by atoms with van der Waals surface area (Å²) < 4.78 is 0. The van der Waals surface area contributed by atoms with Crippen LogP contribution in [-0.4, -0.2) is 12.0 Å². The van der Waals surface area contributed by atoms with E-state index in [9.17, 15) is 0 Å². The molecule has 2 unspecified atom stereocenters. The van der Waals surface area contributed by atoms with Crippen molar-refractivity contribution in [3.8, 4) is 0 Å². The van der Waals surface area contributed by atoms with Crippen LogP contribution in [0.2, 0.25) is 0 Å². The van der Waals surface area contributed by atoms with Gasteiger partial charge in [0.2, 0.25) is 0 Å². The van der Waals surface area contributed by atoms with Gasteiger partial charge in [0.05, 0.1) is 5.00 Å². The van der Waals surface area contributed by atoms with E-state index in [2.05, 4.69) is 19.2 Å². The lowest BCUT2D eigenvalue weighted by molar-refractivity contribution is 0.632. The summed E-state index contributed by atoms with van der Waals surface area (Å²) in [5.41, 5.74) is 0. The van der Waals surface area contributed by atoms with E-state index in [1.807, 2.05) is 7.05 Å². The molecule has 0 aromatic carbocycles. The van der Waals surface area contributed by atoms with Crippen molar-refractivity contribution in [3.05, 3.63) is 0 Å². The molecule has 0 amide bonds. The van der Waals surface area contributed by atoms with E-state index in [0.29, 0.717) is 11.8 Å². The second kappa shape index (κ2) is 2.71. The Balaban J connectivity index is 2.50. The lowest BCUT2D eigenvalue weighted by Gasteiger charge is -2.05. The first-order valence-corrected chi connectivity index (χ1v) is 4.46. The second-order valence-corrected chi connectivity index (χ2v) is 3.67. The molecule has 1 fully saturated rings. The highest BCUT2D eigenvalue weighted by molar-refractivity contribution is 6.26. The van der Waals surface area contributed by atoms with Crippen molar-refractivity contribution in [1.82, 2.24) is 5.32 Å². The maximum Gasteiger partial charge on any atom is 0.0997 e. The monoisotopic (exact) mass is 161 g/mol. The van der Waals surface area contributed by atoms with E-state index < -0.39 is 0 Å². The quantitative estimate of drug-likeness (QED) is 0.495. The molecule has 1 aliphatic carbocycles. The third-order valence-electron chi connectivity index (χ3n) is 2.72. The molecule has 1 N–H and O–H groups in total. The van der Waals surface area contributed by atoms with Crippen molar-refractivity contribution in [3.63, 3.8) is 0 Å². The largest absolute Gasteiger partial charge is 0.301 e. The maximum atomic E-state index is 6.25. The molecule has 2 atom stereocenters. The van der Waals surface area contributed by atoms with Gasteiger partial charge in [-0.25, -0.2) is 0 Å². The van der Waals surface area contributed by atoms with Crippen LogP contribution < -0.4 is 5.32 Å². The summed E-state index contributed by atoms with van der Waals surface area (Å²) in [6.45, 7) is 4.41. The summed E-state index contributed by atoms with van der Waals surface area (Å²) in [5, 5.41) is 3.18. The minimum Gasteiger partial charge on any atom is -0.301 e. The molecule has 2 heteroatoms. The van der Waals surface area contributed by atoms with Crippen LogP contribution in [0.4, 0.5) is 0 Å². The summed E-state index contributed by atoms with van der Waals surface area (Å²) in [6, 6.07) is 0. The molecule has 0 aromatic rings. The molecule has 0 saturated heterocycles. The SMILES string of the molecule is CCC1C(CC)C1(Cl)NC. The normalized spacial score (nSPS) is 45.6. The fourth-order valence-corrected chi connectivity index (χ4v) is 2.58. The highest BCUT2D eigenvalue weighted by atomic mass is 35.5. The van der Waals surface area contributed by atoms with Gasteiger partial charge < -0.3 is 5.32 Å². The predicted molar refractivity (Wildman–Crippen MR) is 45.2 cm³/mol. The van der Waals surface area contributed by atoms with Gasteiger partial charge in [0.1, 0.15) is 0 Å². The Morgan fingerprint density at radius 3 is 1.80 bits per heavy atom. The van der Waals surface area contributed by atoms with Gasteiger partial charge in [-0.05, 0) is 31.7 Å². The third-order valence-corrected chi connectivity index (χ3v) is 3.47. The Labute approximate surface area is 68.1 Å². The summed E-state index contributed by atoms with van der Waals surface area (Å²) in [7, 11) is 1.95. The molecule has 1 nitrogen and oxygen atoms in total. The minimum atomic E-state index is -0.0521. The molecule has 0 spiro atoms. The van der Waals surface area contributed by atoms with Gasteiger partial charge in [-0.2, -0.15) is 0 Å². The molecule has 0 radical (unpaired) electrons. The van der Waals surface area contributed by atoms with Gasteiger partial charge in [0.25, 0.3) is 0 Å². The average Bonchev–Trinajstić information content (AvgIpc) is 2.56. The molecular formula is C8H16ClN. The Kier molecular flexibility index (Phi) is 2.26. The van der Waals surface area contributed by atoms with Gasteiger partial charge >= 0.3 is 0 Å². The van der Waals surface area contributed by atoms with Crippen molar-refractivity contribution in [2.75, 3.05) is 7.05 Å². The fraction of sp³-hybridized carbons (Fsp3) is 1.00. The molecule has 0 aliphatic heterocycles. The van der Waals surface area contributed by atoms with Crippen LogP contribution in [0.1, 0.15) is 26.7 Å². The number of halogens is 1. The van der Waals surface area contributed by atoms with Gasteiger partial charge in [-0.1, -0.05) is 13.8 Å². The topological polar surface area (TPSA) is 12.0 Å². The van der Waals surface area contributed by atoms with Gasteiger partial charge in [-0.15, -0.1) is 11.6 Å². The zero-order chi connectivity index (χ0) is 7.78. The van der Waals surface area contributed by atoms with E-state index >= 15 is 0 Å². The van der Waals surface area contributed by atoms with Crippen LogP contribution in [0.15, 0.2) is 0 Å². The van der Waals surface area contributed by atoms with E-state index in [1.54, 1.807) is 0 Å². The molecule has 60 valence electrons. The molecular weight excluding hydrogens is 146 g/mol. The lowest BCUT2D eigenvalue weighted by atomic mass is 10.2. The van der Waals surface area contributed by atoms with E-state index in [-0.39, 0.29) is 5.00 Å². The van der Waals surface area contributed by atoms with Crippen LogP contribution in [0.5, 0.6) is 0 Å². The van der Waals surface area contributed by atoms with Crippen LogP contribution in [0, 0.1) is 11.8 Å². The highest BCUT2D eigenvalue weighted by Gasteiger charge is 2.60. The number of nitrogens with one attached hydrogen (secondary N) is 1. The first kappa shape index (κ1) is 8.35. The first-order chi connectivity index (χ1) is 4.70. The highest BCUT2D eigenvalue weighted by Crippen LogP contribution is 2.56. The molecule has 1 rings (SSSR count). The maximum absolute atomic E-state index is 6.25. The van der Waals surface area contributed by atoms with Crippen molar-refractivity contribution >= 4 is 11.6 Å². The number of alkyl halides is 1. The van der Waals surface area contributed by atoms with Crippen molar-refractivity contribution < 1.29 is 0 Å². The van der Waals surface area contributed by atoms with Gasteiger partial charge in [0.15, 0.2) is 0 Å². The Hall–Kier alpha value is 0.250. The summed E-state index contributed by atoms with van der Waals surface area (Å²) >= 11 is 6.25. The van der Waals surface area contributed by atoms with E-state index in [0.717, 1.165) is 0 Å². The minimum absolute atomic E-state index is 0.0521. The fourth-order valence-electron chi connectivity index (χ4n) is 2.03. The van der Waals surface area contributed by atoms with Gasteiger partial charge in [0, 0.05) is 0 Å². The van der Waals surface area contributed by atoms with Crippen LogP contribution in [0.3, 0.4) is 0 Å². The standard InChI is InChI=1S/C8H16ClN/c1-4-6-7(5-2)8(6,9)10-3/h6-7,10H,4-5H2,1-3H3. The molecule has 10 heavy (non-hydrogen) atoms. The zero-order valence-corrected chi connectivity index (χ0v) is 7.70. The van der Waals surface area contributed by atoms with Crippen LogP contribution in [-0.2, 0) is 0 Å². The predicted octanol–water partition coefficient (Wildman–Crippen LogP) is 2.21. The first-order valence-electron chi connectivity index (χ1n) is 4.08. The zero-order valence-electron chi connectivity index (χ0n) is 6.95. The summed E-state index contributed by atoms with van der Waals surface area (Å²) in [6.07, 6.45) is 2.39. The number of rotatable bonds is 3. The Morgan fingerprint density at radius 2 is 1.70 bits per heavy atom. The average molecular weight is 162 g/mol. The van der Waals surface area contributed by atoms with E-state index in [4.69, 9.17) is 11.6 Å². The summed E-state index contributed by atoms with van der Waals surface area (Å²) in [4.78, 5) is -0.0521. The van der Waals surface area contributed by atoms with Crippen molar-refractivity contribution in [2.45, 2.75) is 31.7 Å². The Morgan fingerprint density at radius 1 is 1.30 bits per heavy atom. The molecule has 0 aromatic heterocycles. The molecule has 0 heterocycles. The van der Waals surface area contributed by atoms with Crippen LogP contribution >= 0.6 is 11.6 Å². The molecule has 1 saturated carbocycles. The molecule has 0 bridgehead atoms. The summed E-state index contributed by atoms with van der Waals surface area (Å²) in [5.74, 6) is 1.40. The van der Waals surface area contributed by atoms with Crippen molar-refractivity contribution in [1.29, 1.82) is 0 Å². The lowest BCUT2D eigenvalue weighted by Crippen LogP contribution is -2.24. The van der Waals surface area contributed by atoms with Crippen molar-refractivity contribution in [2.24, 2.45) is 11.8 Å². The van der Waals surface area contributed by atoms with E-state index in [1.165, 1.54) is 12.8 Å². The number of hydrogen-bond acceptors (Lipinski definition) is 1. The second-order valence-electron chi connectivity index (χ2n) is 3.05. The smallest absolute Gasteiger partial charge is 0.0997 e. The Bertz CT molecular complexity index is 114. The van der Waals surface area contributed by atoms with Crippen LogP contribution in [0.25, 0.3) is 0 Å². The third kappa shape index (κ3) is 0.960.